The molecular formula is C11H14F2N2O2. The van der Waals surface area contributed by atoms with E-state index in [0.717, 1.165) is 5.56 Å². The van der Waals surface area contributed by atoms with Crippen molar-refractivity contribution in [3.8, 4) is 5.75 Å². The molecule has 0 aromatic heterocycles. The van der Waals surface area contributed by atoms with Gasteiger partial charge in [-0.25, -0.2) is 0 Å². The number of ether oxygens (including phenoxy) is 1. The van der Waals surface area contributed by atoms with Crippen LogP contribution in [-0.4, -0.2) is 31.0 Å². The summed E-state index contributed by atoms with van der Waals surface area (Å²) >= 11 is 0. The third kappa shape index (κ3) is 4.36. The Morgan fingerprint density at radius 1 is 1.41 bits per heavy atom. The molecule has 17 heavy (non-hydrogen) atoms. The van der Waals surface area contributed by atoms with Gasteiger partial charge in [-0.1, -0.05) is 12.1 Å². The summed E-state index contributed by atoms with van der Waals surface area (Å²) in [6.45, 7) is -2.50. The minimum absolute atomic E-state index is 0.0525. The van der Waals surface area contributed by atoms with Crippen molar-refractivity contribution >= 4 is 5.91 Å². The Morgan fingerprint density at radius 2 is 2.00 bits per heavy atom. The lowest BCUT2D eigenvalue weighted by Crippen LogP contribution is -2.32. The van der Waals surface area contributed by atoms with E-state index >= 15 is 0 Å². The van der Waals surface area contributed by atoms with Crippen molar-refractivity contribution in [2.45, 2.75) is 13.2 Å². The van der Waals surface area contributed by atoms with Crippen molar-refractivity contribution in [3.63, 3.8) is 0 Å². The van der Waals surface area contributed by atoms with E-state index in [9.17, 15) is 13.6 Å². The molecule has 0 aliphatic heterocycles. The van der Waals surface area contributed by atoms with Gasteiger partial charge in [-0.2, -0.15) is 8.78 Å². The third-order valence-corrected chi connectivity index (χ3v) is 2.17. The Morgan fingerprint density at radius 3 is 2.47 bits per heavy atom. The number of likely N-dealkylation sites (N-methyl/N-ethyl adjacent to an activating group) is 1. The van der Waals surface area contributed by atoms with Crippen LogP contribution in [0.1, 0.15) is 5.56 Å². The Labute approximate surface area is 98.0 Å². The Balaban J connectivity index is 2.59. The lowest BCUT2D eigenvalue weighted by Gasteiger charge is -2.16. The standard InChI is InChI=1S/C11H14F2N2O2/c1-15(10(16)6-14)7-8-2-4-9(5-3-8)17-11(12)13/h2-5,11H,6-7,14H2,1H3. The van der Waals surface area contributed by atoms with Crippen molar-refractivity contribution in [3.05, 3.63) is 29.8 Å². The van der Waals surface area contributed by atoms with Gasteiger partial charge in [0.15, 0.2) is 0 Å². The number of rotatable bonds is 5. The van der Waals surface area contributed by atoms with Gasteiger partial charge < -0.3 is 15.4 Å². The highest BCUT2D eigenvalue weighted by atomic mass is 19.3. The third-order valence-electron chi connectivity index (χ3n) is 2.17. The van der Waals surface area contributed by atoms with Crippen LogP contribution in [0.5, 0.6) is 5.75 Å². The second-order valence-corrected chi connectivity index (χ2v) is 3.48. The Bertz CT molecular complexity index is 368. The maximum absolute atomic E-state index is 11.9. The molecule has 2 N–H and O–H groups in total. The van der Waals surface area contributed by atoms with Crippen LogP contribution in [0, 0.1) is 0 Å². The lowest BCUT2D eigenvalue weighted by molar-refractivity contribution is -0.128. The van der Waals surface area contributed by atoms with E-state index in [4.69, 9.17) is 5.73 Å². The monoisotopic (exact) mass is 244 g/mol. The average Bonchev–Trinajstić information content (AvgIpc) is 2.30. The summed E-state index contributed by atoms with van der Waals surface area (Å²) in [5.41, 5.74) is 6.03. The molecule has 0 unspecified atom stereocenters. The summed E-state index contributed by atoms with van der Waals surface area (Å²) < 4.78 is 28.0. The zero-order valence-corrected chi connectivity index (χ0v) is 9.40. The van der Waals surface area contributed by atoms with Gasteiger partial charge in [0.25, 0.3) is 0 Å². The first-order valence-electron chi connectivity index (χ1n) is 5.00. The van der Waals surface area contributed by atoms with E-state index in [1.807, 2.05) is 0 Å². The molecule has 1 amide bonds. The normalized spacial score (nSPS) is 10.4. The van der Waals surface area contributed by atoms with Gasteiger partial charge in [0, 0.05) is 13.6 Å². The van der Waals surface area contributed by atoms with E-state index in [-0.39, 0.29) is 18.2 Å². The second kappa shape index (κ2) is 6.15. The molecule has 0 fully saturated rings. The smallest absolute Gasteiger partial charge is 0.387 e. The van der Waals surface area contributed by atoms with E-state index < -0.39 is 6.61 Å². The quantitative estimate of drug-likeness (QED) is 0.846. The molecule has 0 saturated heterocycles. The molecule has 94 valence electrons. The van der Waals surface area contributed by atoms with Gasteiger partial charge in [0.05, 0.1) is 6.54 Å². The van der Waals surface area contributed by atoms with Gasteiger partial charge in [-0.05, 0) is 17.7 Å². The fourth-order valence-electron chi connectivity index (χ4n) is 1.29. The molecule has 1 rings (SSSR count). The molecule has 0 bridgehead atoms. The number of hydrogen-bond acceptors (Lipinski definition) is 3. The summed E-state index contributed by atoms with van der Waals surface area (Å²) in [6.07, 6.45) is 0. The number of nitrogens with two attached hydrogens (primary N) is 1. The molecule has 0 aliphatic carbocycles. The number of carbonyl (C=O) groups is 1. The lowest BCUT2D eigenvalue weighted by atomic mass is 10.2. The van der Waals surface area contributed by atoms with Crippen LogP contribution in [0.2, 0.25) is 0 Å². The number of halogens is 2. The predicted octanol–water partition coefficient (Wildman–Crippen LogP) is 1.21. The highest BCUT2D eigenvalue weighted by Crippen LogP contribution is 2.15. The highest BCUT2D eigenvalue weighted by molar-refractivity contribution is 5.77. The van der Waals surface area contributed by atoms with Crippen LogP contribution < -0.4 is 10.5 Å². The molecule has 0 heterocycles. The predicted molar refractivity (Wildman–Crippen MR) is 58.6 cm³/mol. The number of amides is 1. The Kier molecular flexibility index (Phi) is 4.84. The summed E-state index contributed by atoms with van der Waals surface area (Å²) in [5, 5.41) is 0. The summed E-state index contributed by atoms with van der Waals surface area (Å²) in [6, 6.07) is 6.11. The average molecular weight is 244 g/mol. The largest absolute Gasteiger partial charge is 0.435 e. The van der Waals surface area contributed by atoms with Crippen LogP contribution in [0.3, 0.4) is 0 Å². The first-order chi connectivity index (χ1) is 8.02. The fourth-order valence-corrected chi connectivity index (χ4v) is 1.29. The summed E-state index contributed by atoms with van der Waals surface area (Å²) in [7, 11) is 1.62. The number of alkyl halides is 2. The van der Waals surface area contributed by atoms with Gasteiger partial charge in [0.1, 0.15) is 5.75 Å². The fraction of sp³-hybridized carbons (Fsp3) is 0.364. The minimum Gasteiger partial charge on any atom is -0.435 e. The first kappa shape index (κ1) is 13.4. The molecular weight excluding hydrogens is 230 g/mol. The Hall–Kier alpha value is -1.69. The molecule has 0 atom stereocenters. The van der Waals surface area contributed by atoms with Crippen molar-refractivity contribution in [1.82, 2.24) is 4.90 Å². The SMILES string of the molecule is CN(Cc1ccc(OC(F)F)cc1)C(=O)CN. The molecule has 6 heteroatoms. The van der Waals surface area contributed by atoms with Crippen molar-refractivity contribution in [2.75, 3.05) is 13.6 Å². The van der Waals surface area contributed by atoms with E-state index in [1.54, 1.807) is 19.2 Å². The zero-order chi connectivity index (χ0) is 12.8. The molecule has 1 aromatic carbocycles. The highest BCUT2D eigenvalue weighted by Gasteiger charge is 2.07. The maximum atomic E-state index is 11.9. The van der Waals surface area contributed by atoms with Gasteiger partial charge in [0.2, 0.25) is 5.91 Å². The van der Waals surface area contributed by atoms with Gasteiger partial charge in [-0.15, -0.1) is 0 Å². The number of carbonyl (C=O) groups excluding carboxylic acids is 1. The summed E-state index contributed by atoms with van der Waals surface area (Å²) in [4.78, 5) is 12.7. The number of hydrogen-bond donors (Lipinski definition) is 1. The molecule has 0 aliphatic rings. The molecule has 0 radical (unpaired) electrons. The van der Waals surface area contributed by atoms with Crippen LogP contribution >= 0.6 is 0 Å². The van der Waals surface area contributed by atoms with E-state index in [0.29, 0.717) is 6.54 Å². The summed E-state index contributed by atoms with van der Waals surface area (Å²) in [5.74, 6) is -0.0885. The molecule has 0 saturated carbocycles. The van der Waals surface area contributed by atoms with Crippen molar-refractivity contribution in [1.29, 1.82) is 0 Å². The molecule has 0 spiro atoms. The number of benzene rings is 1. The first-order valence-corrected chi connectivity index (χ1v) is 5.00. The molecule has 1 aromatic rings. The minimum atomic E-state index is -2.83. The van der Waals surface area contributed by atoms with Crippen LogP contribution in [0.4, 0.5) is 8.78 Å². The van der Waals surface area contributed by atoms with Crippen molar-refractivity contribution in [2.24, 2.45) is 5.73 Å². The van der Waals surface area contributed by atoms with E-state index in [1.165, 1.54) is 17.0 Å². The van der Waals surface area contributed by atoms with Crippen LogP contribution in [0.25, 0.3) is 0 Å². The topological polar surface area (TPSA) is 55.6 Å². The van der Waals surface area contributed by atoms with E-state index in [2.05, 4.69) is 4.74 Å². The zero-order valence-electron chi connectivity index (χ0n) is 9.40. The maximum Gasteiger partial charge on any atom is 0.387 e. The number of nitrogens with zero attached hydrogens (tertiary/aromatic N) is 1. The van der Waals surface area contributed by atoms with Crippen LogP contribution in [-0.2, 0) is 11.3 Å². The second-order valence-electron chi connectivity index (χ2n) is 3.48. The molecule has 4 nitrogen and oxygen atoms in total. The van der Waals surface area contributed by atoms with Crippen LogP contribution in [0.15, 0.2) is 24.3 Å². The van der Waals surface area contributed by atoms with Gasteiger partial charge >= 0.3 is 6.61 Å². The van der Waals surface area contributed by atoms with Crippen molar-refractivity contribution < 1.29 is 18.3 Å². The van der Waals surface area contributed by atoms with Gasteiger partial charge in [-0.3, -0.25) is 4.79 Å².